The van der Waals surface area contributed by atoms with Crippen LogP contribution in [-0.4, -0.2) is 48.5 Å². The van der Waals surface area contributed by atoms with Gasteiger partial charge in [0, 0.05) is 12.7 Å². The molecule has 120 valence electrons. The van der Waals surface area contributed by atoms with Gasteiger partial charge < -0.3 is 10.6 Å². The van der Waals surface area contributed by atoms with Crippen LogP contribution in [-0.2, 0) is 11.3 Å². The Morgan fingerprint density at radius 2 is 2.27 bits per heavy atom. The molecule has 0 radical (unpaired) electrons. The highest BCUT2D eigenvalue weighted by atomic mass is 16.2. The summed E-state index contributed by atoms with van der Waals surface area (Å²) in [6.07, 6.45) is 5.14. The zero-order valence-corrected chi connectivity index (χ0v) is 13.6. The van der Waals surface area contributed by atoms with Crippen LogP contribution in [0.4, 0.5) is 0 Å². The van der Waals surface area contributed by atoms with Gasteiger partial charge in [-0.25, -0.2) is 0 Å². The van der Waals surface area contributed by atoms with Gasteiger partial charge in [0.2, 0.25) is 5.91 Å². The van der Waals surface area contributed by atoms with Crippen molar-refractivity contribution >= 4 is 5.91 Å². The molecule has 5 heteroatoms. The molecule has 5 nitrogen and oxygen atoms in total. The van der Waals surface area contributed by atoms with Crippen LogP contribution in [0.1, 0.15) is 30.5 Å². The number of hydrogen-bond donors (Lipinski definition) is 2. The lowest BCUT2D eigenvalue weighted by Crippen LogP contribution is -2.41. The number of hydrogen-bond acceptors (Lipinski definition) is 4. The average Bonchev–Trinajstić information content (AvgIpc) is 2.82. The predicted octanol–water partition coefficient (Wildman–Crippen LogP) is 1.08. The van der Waals surface area contributed by atoms with Crippen molar-refractivity contribution in [2.24, 2.45) is 5.41 Å². The molecule has 0 aromatic carbocycles. The predicted molar refractivity (Wildman–Crippen MR) is 86.4 cm³/mol. The normalized spacial score (nSPS) is 24.5. The van der Waals surface area contributed by atoms with Crippen LogP contribution in [0.25, 0.3) is 0 Å². The molecule has 3 heterocycles. The van der Waals surface area contributed by atoms with E-state index >= 15 is 0 Å². The van der Waals surface area contributed by atoms with E-state index in [0.717, 1.165) is 31.7 Å². The topological polar surface area (TPSA) is 57.3 Å². The molecule has 0 saturated carbocycles. The molecule has 2 saturated heterocycles. The molecule has 0 bridgehead atoms. The maximum absolute atomic E-state index is 12.5. The molecule has 2 fully saturated rings. The molecule has 1 aromatic rings. The van der Waals surface area contributed by atoms with Gasteiger partial charge in [-0.15, -0.1) is 0 Å². The lowest BCUT2D eigenvalue weighted by atomic mass is 9.77. The van der Waals surface area contributed by atoms with Crippen LogP contribution in [0, 0.1) is 12.3 Å². The molecule has 1 unspecified atom stereocenters. The number of piperidine rings is 1. The van der Waals surface area contributed by atoms with E-state index in [1.165, 1.54) is 18.4 Å². The number of aryl methyl sites for hydroxylation is 1. The highest BCUT2D eigenvalue weighted by Gasteiger charge is 2.45. The minimum absolute atomic E-state index is 0.00269. The van der Waals surface area contributed by atoms with Crippen LogP contribution in [0.5, 0.6) is 0 Å². The number of likely N-dealkylation sites (N-methyl/N-ethyl adjacent to an activating group) is 1. The second-order valence-corrected chi connectivity index (χ2v) is 6.93. The molecule has 0 aliphatic carbocycles. The fraction of sp³-hybridized carbons (Fsp3) is 0.647. The van der Waals surface area contributed by atoms with E-state index < -0.39 is 0 Å². The van der Waals surface area contributed by atoms with Gasteiger partial charge in [0.25, 0.3) is 0 Å². The van der Waals surface area contributed by atoms with Gasteiger partial charge >= 0.3 is 0 Å². The molecule has 1 spiro atoms. The molecular weight excluding hydrogens is 276 g/mol. The van der Waals surface area contributed by atoms with Crippen LogP contribution in [0.15, 0.2) is 18.3 Å². The third kappa shape index (κ3) is 3.31. The van der Waals surface area contributed by atoms with E-state index in [-0.39, 0.29) is 11.9 Å². The van der Waals surface area contributed by atoms with Gasteiger partial charge in [0.15, 0.2) is 0 Å². The molecule has 2 aliphatic heterocycles. The number of amides is 1. The van der Waals surface area contributed by atoms with E-state index in [4.69, 9.17) is 0 Å². The Morgan fingerprint density at radius 1 is 1.50 bits per heavy atom. The Morgan fingerprint density at radius 3 is 3.00 bits per heavy atom. The highest BCUT2D eigenvalue weighted by molar-refractivity contribution is 5.82. The monoisotopic (exact) mass is 302 g/mol. The van der Waals surface area contributed by atoms with E-state index in [1.807, 2.05) is 19.1 Å². The average molecular weight is 302 g/mol. The fourth-order valence-electron chi connectivity index (χ4n) is 3.87. The summed E-state index contributed by atoms with van der Waals surface area (Å²) in [5, 5.41) is 6.48. The van der Waals surface area contributed by atoms with E-state index in [0.29, 0.717) is 12.0 Å². The Kier molecular flexibility index (Phi) is 4.45. The van der Waals surface area contributed by atoms with E-state index in [1.54, 1.807) is 6.20 Å². The number of nitrogens with zero attached hydrogens (tertiary/aromatic N) is 2. The molecule has 2 aliphatic rings. The zero-order chi connectivity index (χ0) is 15.6. The lowest BCUT2D eigenvalue weighted by Gasteiger charge is -2.33. The zero-order valence-electron chi connectivity index (χ0n) is 13.6. The van der Waals surface area contributed by atoms with Crippen molar-refractivity contribution in [1.29, 1.82) is 0 Å². The molecular formula is C17H26N4O. The number of pyridine rings is 1. The summed E-state index contributed by atoms with van der Waals surface area (Å²) < 4.78 is 0. The van der Waals surface area contributed by atoms with Crippen molar-refractivity contribution < 1.29 is 4.79 Å². The van der Waals surface area contributed by atoms with Crippen molar-refractivity contribution in [3.63, 3.8) is 0 Å². The summed E-state index contributed by atoms with van der Waals surface area (Å²) in [5.41, 5.74) is 2.43. The maximum atomic E-state index is 12.5. The SMILES string of the molecule is Cc1ccnc(CNC(=O)C2CC3(CCNCC3)CN2C)c1. The van der Waals surface area contributed by atoms with Crippen molar-refractivity contribution in [1.82, 2.24) is 20.5 Å². The third-order valence-electron chi connectivity index (χ3n) is 5.13. The largest absolute Gasteiger partial charge is 0.349 e. The molecule has 22 heavy (non-hydrogen) atoms. The highest BCUT2D eigenvalue weighted by Crippen LogP contribution is 2.41. The Balaban J connectivity index is 1.58. The Bertz CT molecular complexity index is 539. The summed E-state index contributed by atoms with van der Waals surface area (Å²) in [5.74, 6) is 0.140. The second kappa shape index (κ2) is 6.34. The van der Waals surface area contributed by atoms with Crippen molar-refractivity contribution in [3.05, 3.63) is 29.6 Å². The quantitative estimate of drug-likeness (QED) is 0.877. The maximum Gasteiger partial charge on any atom is 0.237 e. The third-order valence-corrected chi connectivity index (χ3v) is 5.13. The van der Waals surface area contributed by atoms with Gasteiger partial charge in [-0.1, -0.05) is 0 Å². The van der Waals surface area contributed by atoms with Crippen molar-refractivity contribution in [2.45, 2.75) is 38.8 Å². The molecule has 1 amide bonds. The van der Waals surface area contributed by atoms with Gasteiger partial charge in [0.05, 0.1) is 18.3 Å². The molecule has 2 N–H and O–H groups in total. The molecule has 1 aromatic heterocycles. The first kappa shape index (κ1) is 15.4. The first-order valence-corrected chi connectivity index (χ1v) is 8.18. The number of nitrogens with one attached hydrogen (secondary N) is 2. The Hall–Kier alpha value is -1.46. The first-order chi connectivity index (χ1) is 10.6. The summed E-state index contributed by atoms with van der Waals surface area (Å²) in [4.78, 5) is 19.1. The van der Waals surface area contributed by atoms with Crippen LogP contribution in [0.2, 0.25) is 0 Å². The number of likely N-dealkylation sites (tertiary alicyclic amines) is 1. The lowest BCUT2D eigenvalue weighted by molar-refractivity contribution is -0.125. The summed E-state index contributed by atoms with van der Waals surface area (Å²) in [6.45, 7) is 5.75. The van der Waals surface area contributed by atoms with Crippen LogP contribution < -0.4 is 10.6 Å². The van der Waals surface area contributed by atoms with E-state index in [9.17, 15) is 4.79 Å². The van der Waals surface area contributed by atoms with E-state index in [2.05, 4.69) is 27.6 Å². The van der Waals surface area contributed by atoms with Gasteiger partial charge in [0.1, 0.15) is 0 Å². The van der Waals surface area contributed by atoms with Crippen LogP contribution in [0.3, 0.4) is 0 Å². The second-order valence-electron chi connectivity index (χ2n) is 6.93. The van der Waals surface area contributed by atoms with Gasteiger partial charge in [-0.2, -0.15) is 0 Å². The number of aromatic nitrogens is 1. The van der Waals surface area contributed by atoms with Crippen LogP contribution >= 0.6 is 0 Å². The Labute approximate surface area is 132 Å². The number of carbonyl (C=O) groups excluding carboxylic acids is 1. The van der Waals surface area contributed by atoms with Crippen molar-refractivity contribution in [2.75, 3.05) is 26.7 Å². The minimum Gasteiger partial charge on any atom is -0.349 e. The van der Waals surface area contributed by atoms with Gasteiger partial charge in [-0.3, -0.25) is 14.7 Å². The van der Waals surface area contributed by atoms with Gasteiger partial charge in [-0.05, 0) is 69.4 Å². The summed E-state index contributed by atoms with van der Waals surface area (Å²) in [6, 6.07) is 3.99. The first-order valence-electron chi connectivity index (χ1n) is 8.18. The molecule has 1 atom stereocenters. The molecule has 3 rings (SSSR count). The smallest absolute Gasteiger partial charge is 0.237 e. The summed E-state index contributed by atoms with van der Waals surface area (Å²) >= 11 is 0. The number of carbonyl (C=O) groups is 1. The fourth-order valence-corrected chi connectivity index (χ4v) is 3.87. The number of rotatable bonds is 3. The standard InChI is InChI=1S/C17H26N4O/c1-13-3-6-19-14(9-13)11-20-16(22)15-10-17(12-21(15)2)4-7-18-8-5-17/h3,6,9,15,18H,4-5,7-8,10-12H2,1-2H3,(H,20,22). The summed E-state index contributed by atoms with van der Waals surface area (Å²) in [7, 11) is 2.08. The van der Waals surface area contributed by atoms with Crippen molar-refractivity contribution in [3.8, 4) is 0 Å². The minimum atomic E-state index is 0.00269.